The molecule has 33 heavy (non-hydrogen) atoms. The summed E-state index contributed by atoms with van der Waals surface area (Å²) in [5, 5.41) is 8.89. The van der Waals surface area contributed by atoms with Crippen LogP contribution in [0.2, 0.25) is 0 Å². The van der Waals surface area contributed by atoms with Gasteiger partial charge in [0.05, 0.1) is 11.9 Å². The molecule has 0 aliphatic carbocycles. The molecule has 0 atom stereocenters. The highest BCUT2D eigenvalue weighted by Crippen LogP contribution is 2.32. The number of carbonyl (C=O) groups is 1. The van der Waals surface area contributed by atoms with Crippen LogP contribution in [-0.2, 0) is 0 Å². The van der Waals surface area contributed by atoms with Crippen molar-refractivity contribution in [2.45, 2.75) is 0 Å². The highest BCUT2D eigenvalue weighted by molar-refractivity contribution is 5.90. The van der Waals surface area contributed by atoms with Gasteiger partial charge < -0.3 is 5.73 Å². The van der Waals surface area contributed by atoms with Crippen LogP contribution in [0.3, 0.4) is 0 Å². The fraction of sp³-hybridized carbons (Fsp3) is 0. The van der Waals surface area contributed by atoms with E-state index in [2.05, 4.69) is 10.1 Å². The summed E-state index contributed by atoms with van der Waals surface area (Å²) in [6.07, 6.45) is 5.22. The molecule has 9 nitrogen and oxygen atoms in total. The number of halogens is 1. The van der Waals surface area contributed by atoms with Crippen molar-refractivity contribution in [2.24, 2.45) is 5.73 Å². The van der Waals surface area contributed by atoms with E-state index >= 15 is 0 Å². The van der Waals surface area contributed by atoms with Crippen LogP contribution in [0.1, 0.15) is 10.5 Å². The van der Waals surface area contributed by atoms with Gasteiger partial charge in [0, 0.05) is 18.0 Å². The Balaban J connectivity index is 1.51. The zero-order chi connectivity index (χ0) is 22.5. The number of imidazole rings is 2. The number of pyridine rings is 1. The molecule has 2 N–H and O–H groups in total. The van der Waals surface area contributed by atoms with Crippen LogP contribution in [0.4, 0.5) is 4.39 Å². The predicted molar refractivity (Wildman–Crippen MR) is 118 cm³/mol. The van der Waals surface area contributed by atoms with E-state index in [1.165, 1.54) is 22.9 Å². The lowest BCUT2D eigenvalue weighted by atomic mass is 10.1. The standard InChI is InChI=1S/C23H15FN8O/c24-15-6-4-14(5-7-15)21-22(30-11-2-1-3-18(30)27-21)16-8-9-19-26-20(13-32(19)28-16)31-12-10-17(29-31)23(25)33/h1-13H,(H2,25,33). The number of primary amides is 1. The van der Waals surface area contributed by atoms with Crippen molar-refractivity contribution in [3.8, 4) is 28.5 Å². The van der Waals surface area contributed by atoms with Gasteiger partial charge in [-0.15, -0.1) is 0 Å². The molecule has 0 spiro atoms. The molecule has 5 heterocycles. The van der Waals surface area contributed by atoms with Crippen molar-refractivity contribution in [3.63, 3.8) is 0 Å². The molecule has 1 amide bonds. The predicted octanol–water partition coefficient (Wildman–Crippen LogP) is 3.13. The van der Waals surface area contributed by atoms with Gasteiger partial charge in [-0.1, -0.05) is 6.07 Å². The summed E-state index contributed by atoms with van der Waals surface area (Å²) in [5.41, 5.74) is 9.67. The Hall–Kier alpha value is -4.86. The van der Waals surface area contributed by atoms with Gasteiger partial charge in [-0.25, -0.2) is 23.6 Å². The Morgan fingerprint density at radius 2 is 1.73 bits per heavy atom. The molecule has 0 fully saturated rings. The molecule has 1 aromatic carbocycles. The lowest BCUT2D eigenvalue weighted by Crippen LogP contribution is -2.12. The summed E-state index contributed by atoms with van der Waals surface area (Å²) >= 11 is 0. The minimum atomic E-state index is -0.612. The van der Waals surface area contributed by atoms with Crippen molar-refractivity contribution in [2.75, 3.05) is 0 Å². The number of nitrogens with two attached hydrogens (primary N) is 1. The van der Waals surface area contributed by atoms with Gasteiger partial charge in [-0.3, -0.25) is 9.20 Å². The maximum atomic E-state index is 13.5. The third-order valence-corrected chi connectivity index (χ3v) is 5.27. The minimum absolute atomic E-state index is 0.148. The second kappa shape index (κ2) is 7.09. The van der Waals surface area contributed by atoms with Crippen molar-refractivity contribution in [1.29, 1.82) is 0 Å². The van der Waals surface area contributed by atoms with E-state index in [0.717, 1.165) is 16.9 Å². The molecule has 0 aliphatic heterocycles. The summed E-state index contributed by atoms with van der Waals surface area (Å²) in [7, 11) is 0. The largest absolute Gasteiger partial charge is 0.364 e. The van der Waals surface area contributed by atoms with Gasteiger partial charge in [0.2, 0.25) is 0 Å². The smallest absolute Gasteiger partial charge is 0.269 e. The first-order chi connectivity index (χ1) is 16.1. The number of fused-ring (bicyclic) bond motifs is 2. The van der Waals surface area contributed by atoms with Gasteiger partial charge in [-0.2, -0.15) is 10.2 Å². The molecule has 0 saturated carbocycles. The molecule has 0 bridgehead atoms. The summed E-state index contributed by atoms with van der Waals surface area (Å²) in [6.45, 7) is 0. The highest BCUT2D eigenvalue weighted by Gasteiger charge is 2.18. The van der Waals surface area contributed by atoms with Gasteiger partial charge in [0.25, 0.3) is 5.91 Å². The lowest BCUT2D eigenvalue weighted by Gasteiger charge is -2.05. The molecule has 6 rings (SSSR count). The third-order valence-electron chi connectivity index (χ3n) is 5.27. The average molecular weight is 438 g/mol. The summed E-state index contributed by atoms with van der Waals surface area (Å²) < 4.78 is 18.6. The normalized spacial score (nSPS) is 11.4. The molecular weight excluding hydrogens is 423 g/mol. The number of carbonyl (C=O) groups excluding carboxylic acids is 1. The maximum absolute atomic E-state index is 13.5. The first kappa shape index (κ1) is 18.9. The van der Waals surface area contributed by atoms with Crippen LogP contribution >= 0.6 is 0 Å². The Morgan fingerprint density at radius 3 is 2.52 bits per heavy atom. The molecule has 0 radical (unpaired) electrons. The summed E-state index contributed by atoms with van der Waals surface area (Å²) in [5.74, 6) is -0.435. The van der Waals surface area contributed by atoms with Crippen LogP contribution in [0.15, 0.2) is 79.3 Å². The van der Waals surface area contributed by atoms with Gasteiger partial charge in [-0.05, 0) is 54.6 Å². The van der Waals surface area contributed by atoms with E-state index in [0.29, 0.717) is 22.9 Å². The van der Waals surface area contributed by atoms with E-state index in [1.54, 1.807) is 29.0 Å². The number of aromatic nitrogens is 7. The van der Waals surface area contributed by atoms with Gasteiger partial charge in [0.1, 0.15) is 28.5 Å². The molecule has 0 unspecified atom stereocenters. The molecule has 6 aromatic rings. The number of rotatable bonds is 4. The van der Waals surface area contributed by atoms with E-state index in [1.807, 2.05) is 40.9 Å². The second-order valence-corrected chi connectivity index (χ2v) is 7.37. The number of amides is 1. The van der Waals surface area contributed by atoms with E-state index < -0.39 is 5.91 Å². The fourth-order valence-electron chi connectivity index (χ4n) is 3.74. The first-order valence-electron chi connectivity index (χ1n) is 10.0. The van der Waals surface area contributed by atoms with Gasteiger partial charge >= 0.3 is 0 Å². The monoisotopic (exact) mass is 438 g/mol. The van der Waals surface area contributed by atoms with Crippen LogP contribution in [0, 0.1) is 5.82 Å². The van der Waals surface area contributed by atoms with E-state index in [4.69, 9.17) is 15.8 Å². The van der Waals surface area contributed by atoms with E-state index in [9.17, 15) is 9.18 Å². The van der Waals surface area contributed by atoms with Crippen LogP contribution in [0.5, 0.6) is 0 Å². The maximum Gasteiger partial charge on any atom is 0.269 e. The molecule has 10 heteroatoms. The van der Waals surface area contributed by atoms with Gasteiger partial charge in [0.15, 0.2) is 11.5 Å². The number of hydrogen-bond acceptors (Lipinski definition) is 5. The van der Waals surface area contributed by atoms with Crippen LogP contribution in [0.25, 0.3) is 39.8 Å². The number of hydrogen-bond donors (Lipinski definition) is 1. The molecule has 5 aromatic heterocycles. The van der Waals surface area contributed by atoms with Crippen molar-refractivity contribution in [3.05, 3.63) is 90.8 Å². The highest BCUT2D eigenvalue weighted by atomic mass is 19.1. The Labute approximate surface area is 185 Å². The first-order valence-corrected chi connectivity index (χ1v) is 10.0. The summed E-state index contributed by atoms with van der Waals surface area (Å²) in [6, 6.07) is 17.1. The fourth-order valence-corrected chi connectivity index (χ4v) is 3.74. The average Bonchev–Trinajstić information content (AvgIpc) is 3.55. The lowest BCUT2D eigenvalue weighted by molar-refractivity contribution is 0.0995. The zero-order valence-corrected chi connectivity index (χ0v) is 17.0. The van der Waals surface area contributed by atoms with Crippen molar-refractivity contribution in [1.82, 2.24) is 33.8 Å². The topological polar surface area (TPSA) is 108 Å². The SMILES string of the molecule is NC(=O)c1ccn(-c2cn3nc(-c4c(-c5ccc(F)cc5)nc5ccccn45)ccc3n2)n1. The van der Waals surface area contributed by atoms with Crippen molar-refractivity contribution < 1.29 is 9.18 Å². The Bertz CT molecular complexity index is 1660. The zero-order valence-electron chi connectivity index (χ0n) is 17.0. The third kappa shape index (κ3) is 3.12. The van der Waals surface area contributed by atoms with Crippen molar-refractivity contribution >= 4 is 17.2 Å². The second-order valence-electron chi connectivity index (χ2n) is 7.37. The summed E-state index contributed by atoms with van der Waals surface area (Å²) in [4.78, 5) is 20.6. The number of benzene rings is 1. The molecular formula is C23H15FN8O. The Morgan fingerprint density at radius 1 is 0.879 bits per heavy atom. The van der Waals surface area contributed by atoms with E-state index in [-0.39, 0.29) is 11.5 Å². The molecule has 0 saturated heterocycles. The number of nitrogens with zero attached hydrogens (tertiary/aromatic N) is 7. The molecule has 0 aliphatic rings. The quantitative estimate of drug-likeness (QED) is 0.455. The minimum Gasteiger partial charge on any atom is -0.364 e. The Kier molecular flexibility index (Phi) is 4.06. The molecule has 160 valence electrons. The van der Waals surface area contributed by atoms with Crippen LogP contribution < -0.4 is 5.73 Å². The van der Waals surface area contributed by atoms with Crippen LogP contribution in [-0.4, -0.2) is 39.7 Å².